The topological polar surface area (TPSA) is 36.9 Å². The first kappa shape index (κ1) is 15.4. The van der Waals surface area contributed by atoms with E-state index in [1.165, 1.54) is 0 Å². The van der Waals surface area contributed by atoms with Crippen LogP contribution in [0.4, 0.5) is 0 Å². The minimum Gasteiger partial charge on any atom is -0.499 e. The Labute approximate surface area is 97.6 Å². The predicted octanol–water partition coefficient (Wildman–Crippen LogP) is 1.32. The van der Waals surface area contributed by atoms with Crippen molar-refractivity contribution in [2.75, 3.05) is 47.3 Å². The molecule has 0 rings (SSSR count). The molecule has 15 heavy (non-hydrogen) atoms. The Morgan fingerprint density at radius 1 is 0.867 bits per heavy atom. The highest BCUT2D eigenvalue weighted by Gasteiger charge is 2.17. The smallest absolute Gasteiger partial charge is 0.462 e. The summed E-state index contributed by atoms with van der Waals surface area (Å²) in [6.45, 7) is 5.73. The molecule has 0 aliphatic heterocycles. The first-order valence-electron chi connectivity index (χ1n) is 5.52. The Morgan fingerprint density at radius 3 is 2.13 bits per heavy atom. The molecule has 0 saturated heterocycles. The standard InChI is InChI=1S/C5H11O2.C3H7O2.C2H5.Al/c1-3-7-5-4-6-2;1-5-3-2-4;1-2;/h1,3-5H2,2H3;2-3H2,1H3;1H2,2H3;/q;-1;;+1. The van der Waals surface area contributed by atoms with E-state index < -0.39 is 14.5 Å². The van der Waals surface area contributed by atoms with Gasteiger partial charge in [0.05, 0.1) is 19.8 Å². The number of ether oxygens (including phenoxy) is 3. The molecule has 5 heteroatoms. The van der Waals surface area contributed by atoms with Gasteiger partial charge in [0.25, 0.3) is 0 Å². The van der Waals surface area contributed by atoms with Crippen molar-refractivity contribution < 1.29 is 18.0 Å². The van der Waals surface area contributed by atoms with Crippen LogP contribution in [0.3, 0.4) is 0 Å². The second-order valence-corrected chi connectivity index (χ2v) is 6.26. The summed E-state index contributed by atoms with van der Waals surface area (Å²) in [5.74, 6) is 0. The maximum atomic E-state index is 5.74. The van der Waals surface area contributed by atoms with Gasteiger partial charge in [0, 0.05) is 27.4 Å². The summed E-state index contributed by atoms with van der Waals surface area (Å²) < 4.78 is 21.0. The average molecular weight is 234 g/mol. The molecule has 90 valence electrons. The Balaban J connectivity index is 3.28. The van der Waals surface area contributed by atoms with Crippen LogP contribution in [0, 0.1) is 0 Å². The van der Waals surface area contributed by atoms with Gasteiger partial charge in [0.1, 0.15) is 0 Å². The third kappa shape index (κ3) is 10.7. The zero-order valence-electron chi connectivity index (χ0n) is 10.2. The van der Waals surface area contributed by atoms with E-state index in [9.17, 15) is 0 Å². The fourth-order valence-corrected chi connectivity index (χ4v) is 2.83. The fourth-order valence-electron chi connectivity index (χ4n) is 1.16. The van der Waals surface area contributed by atoms with Crippen LogP contribution in [0.1, 0.15) is 6.92 Å². The van der Waals surface area contributed by atoms with Crippen LogP contribution in [0.5, 0.6) is 0 Å². The molecule has 0 radical (unpaired) electrons. The second-order valence-electron chi connectivity index (χ2n) is 3.29. The third-order valence-corrected chi connectivity index (χ3v) is 4.61. The molecule has 0 aromatic carbocycles. The molecule has 0 unspecified atom stereocenters. The van der Waals surface area contributed by atoms with Crippen LogP contribution in [0.2, 0.25) is 10.6 Å². The van der Waals surface area contributed by atoms with Crippen molar-refractivity contribution in [3.63, 3.8) is 0 Å². The van der Waals surface area contributed by atoms with Crippen LogP contribution in [-0.2, 0) is 18.0 Å². The van der Waals surface area contributed by atoms with Crippen LogP contribution in [0.25, 0.3) is 0 Å². The van der Waals surface area contributed by atoms with Gasteiger partial charge in [0.15, 0.2) is 0 Å². The van der Waals surface area contributed by atoms with E-state index in [0.717, 1.165) is 23.8 Å². The minimum atomic E-state index is -1.04. The van der Waals surface area contributed by atoms with Crippen molar-refractivity contribution in [3.8, 4) is 0 Å². The quantitative estimate of drug-likeness (QED) is 0.399. The number of methoxy groups -OCH3 is 2. The van der Waals surface area contributed by atoms with E-state index in [-0.39, 0.29) is 0 Å². The molecular weight excluding hydrogens is 211 g/mol. The van der Waals surface area contributed by atoms with E-state index in [1.54, 1.807) is 14.2 Å². The van der Waals surface area contributed by atoms with Crippen LogP contribution < -0.4 is 0 Å². The molecule has 0 aromatic heterocycles. The van der Waals surface area contributed by atoms with E-state index in [2.05, 4.69) is 6.92 Å². The van der Waals surface area contributed by atoms with E-state index in [4.69, 9.17) is 18.0 Å². The van der Waals surface area contributed by atoms with Crippen molar-refractivity contribution in [1.29, 1.82) is 0 Å². The van der Waals surface area contributed by atoms with Gasteiger partial charge in [-0.25, -0.2) is 0 Å². The Bertz CT molecular complexity index is 124. The van der Waals surface area contributed by atoms with Gasteiger partial charge in [-0.05, 0) is 5.28 Å². The molecule has 0 bridgehead atoms. The first-order valence-corrected chi connectivity index (χ1v) is 7.62. The highest BCUT2D eigenvalue weighted by Crippen LogP contribution is 2.01. The normalized spacial score (nSPS) is 10.6. The number of hydrogen-bond acceptors (Lipinski definition) is 4. The lowest BCUT2D eigenvalue weighted by Gasteiger charge is -2.11. The van der Waals surface area contributed by atoms with Crippen LogP contribution in [-0.4, -0.2) is 61.7 Å². The lowest BCUT2D eigenvalue weighted by Crippen LogP contribution is -2.21. The fraction of sp³-hybridized carbons (Fsp3) is 1.00. The molecule has 4 nitrogen and oxygen atoms in total. The number of hydrogen-bond donors (Lipinski definition) is 0. The Morgan fingerprint density at radius 2 is 1.53 bits per heavy atom. The molecule has 0 atom stereocenters. The maximum absolute atomic E-state index is 5.74. The highest BCUT2D eigenvalue weighted by molar-refractivity contribution is 6.51. The summed E-state index contributed by atoms with van der Waals surface area (Å²) in [7, 11) is 3.38. The average Bonchev–Trinajstić information content (AvgIpc) is 2.26. The molecule has 0 N–H and O–H groups in total. The first-order chi connectivity index (χ1) is 7.35. The van der Waals surface area contributed by atoms with Gasteiger partial charge in [-0.15, -0.1) is 0 Å². The van der Waals surface area contributed by atoms with Crippen molar-refractivity contribution in [2.24, 2.45) is 0 Å². The van der Waals surface area contributed by atoms with Crippen molar-refractivity contribution in [3.05, 3.63) is 0 Å². The lowest BCUT2D eigenvalue weighted by atomic mass is 10.7. The molecule has 0 saturated carbocycles. The summed E-state index contributed by atoms with van der Waals surface area (Å²) >= 11 is -1.04. The summed E-state index contributed by atoms with van der Waals surface area (Å²) in [5.41, 5.74) is 0. The molecule has 0 heterocycles. The highest BCUT2D eigenvalue weighted by atomic mass is 27.2. The van der Waals surface area contributed by atoms with E-state index >= 15 is 0 Å². The molecule has 0 fully saturated rings. The summed E-state index contributed by atoms with van der Waals surface area (Å²) in [6, 6.07) is 0. The minimum absolute atomic E-state index is 0.670. The second kappa shape index (κ2) is 12.4. The van der Waals surface area contributed by atoms with Gasteiger partial charge in [-0.1, -0.05) is 12.2 Å². The largest absolute Gasteiger partial charge is 0.499 e. The van der Waals surface area contributed by atoms with Gasteiger partial charge in [-0.3, -0.25) is 0 Å². The Kier molecular flexibility index (Phi) is 12.8. The molecule has 0 aromatic rings. The van der Waals surface area contributed by atoms with Gasteiger partial charge in [-0.2, -0.15) is 0 Å². The molecular formula is C10H23AlO4. The van der Waals surface area contributed by atoms with Crippen LogP contribution >= 0.6 is 0 Å². The SMILES string of the molecule is C[CH2][Al]([CH2]COCCOC)[O]CCOC. The summed E-state index contributed by atoms with van der Waals surface area (Å²) in [6.07, 6.45) is 0. The van der Waals surface area contributed by atoms with Gasteiger partial charge >= 0.3 is 14.5 Å². The zero-order chi connectivity index (χ0) is 11.4. The van der Waals surface area contributed by atoms with Crippen molar-refractivity contribution in [1.82, 2.24) is 0 Å². The Hall–Kier alpha value is 0.372. The zero-order valence-corrected chi connectivity index (χ0v) is 11.3. The number of rotatable bonds is 11. The summed E-state index contributed by atoms with van der Waals surface area (Å²) in [5, 5.41) is 2.22. The van der Waals surface area contributed by atoms with Crippen LogP contribution in [0.15, 0.2) is 0 Å². The maximum Gasteiger partial charge on any atom is 0.462 e. The molecule has 0 aliphatic rings. The molecule has 0 spiro atoms. The third-order valence-electron chi connectivity index (χ3n) is 2.11. The monoisotopic (exact) mass is 234 g/mol. The van der Waals surface area contributed by atoms with Crippen molar-refractivity contribution >= 4 is 14.5 Å². The molecule has 0 amide bonds. The molecule has 0 aliphatic carbocycles. The van der Waals surface area contributed by atoms with Gasteiger partial charge < -0.3 is 18.0 Å². The lowest BCUT2D eigenvalue weighted by molar-refractivity contribution is 0.0757. The van der Waals surface area contributed by atoms with E-state index in [0.29, 0.717) is 19.8 Å². The summed E-state index contributed by atoms with van der Waals surface area (Å²) in [4.78, 5) is 0. The van der Waals surface area contributed by atoms with E-state index in [1.807, 2.05) is 0 Å². The predicted molar refractivity (Wildman–Crippen MR) is 61.6 cm³/mol. The van der Waals surface area contributed by atoms with Gasteiger partial charge in [0.2, 0.25) is 0 Å². The van der Waals surface area contributed by atoms with Crippen molar-refractivity contribution in [2.45, 2.75) is 17.5 Å².